The molecule has 8 nitrogen and oxygen atoms in total. The summed E-state index contributed by atoms with van der Waals surface area (Å²) in [4.78, 5) is 36.4. The predicted molar refractivity (Wildman–Crippen MR) is 128 cm³/mol. The van der Waals surface area contributed by atoms with Gasteiger partial charge >= 0.3 is 5.97 Å². The highest BCUT2D eigenvalue weighted by atomic mass is 32.2. The lowest BCUT2D eigenvalue weighted by Crippen LogP contribution is -2.21. The number of nitrogens with one attached hydrogen (secondary N) is 1. The summed E-state index contributed by atoms with van der Waals surface area (Å²) in [5.41, 5.74) is 0.373. The highest BCUT2D eigenvalue weighted by molar-refractivity contribution is 8.00. The SMILES string of the molecule is CCC(CC)C(=O)Nc1nnc(SCc2cc(=O)c(OC(=O)C=Cc3ccccc3)co2)s1. The van der Waals surface area contributed by atoms with E-state index in [0.29, 0.717) is 21.0 Å². The largest absolute Gasteiger partial charge is 0.464 e. The Morgan fingerprint density at radius 3 is 2.67 bits per heavy atom. The molecule has 172 valence electrons. The van der Waals surface area contributed by atoms with Crippen LogP contribution in [0.3, 0.4) is 0 Å². The van der Waals surface area contributed by atoms with Crippen LogP contribution in [0.25, 0.3) is 6.08 Å². The zero-order valence-electron chi connectivity index (χ0n) is 18.1. The molecule has 0 atom stereocenters. The van der Waals surface area contributed by atoms with Crippen molar-refractivity contribution in [2.75, 3.05) is 5.32 Å². The smallest absolute Gasteiger partial charge is 0.336 e. The summed E-state index contributed by atoms with van der Waals surface area (Å²) in [6.45, 7) is 3.94. The maximum atomic E-state index is 12.3. The fourth-order valence-corrected chi connectivity index (χ4v) is 4.42. The number of esters is 1. The van der Waals surface area contributed by atoms with Crippen molar-refractivity contribution in [1.29, 1.82) is 0 Å². The molecule has 0 radical (unpaired) electrons. The maximum Gasteiger partial charge on any atom is 0.336 e. The first kappa shape index (κ1) is 24.4. The molecule has 0 spiro atoms. The van der Waals surface area contributed by atoms with Gasteiger partial charge in [0.05, 0.1) is 5.75 Å². The van der Waals surface area contributed by atoms with E-state index < -0.39 is 11.4 Å². The van der Waals surface area contributed by atoms with Gasteiger partial charge in [-0.05, 0) is 24.5 Å². The normalized spacial score (nSPS) is 11.1. The first-order valence-electron chi connectivity index (χ1n) is 10.3. The summed E-state index contributed by atoms with van der Waals surface area (Å²) >= 11 is 2.57. The number of hydrogen-bond acceptors (Lipinski definition) is 9. The Balaban J connectivity index is 1.53. The van der Waals surface area contributed by atoms with Crippen molar-refractivity contribution < 1.29 is 18.7 Å². The fraction of sp³-hybridized carbons (Fsp3) is 0.261. The first-order valence-corrected chi connectivity index (χ1v) is 12.1. The van der Waals surface area contributed by atoms with Gasteiger partial charge in [-0.15, -0.1) is 10.2 Å². The van der Waals surface area contributed by atoms with Crippen LogP contribution in [0.2, 0.25) is 0 Å². The van der Waals surface area contributed by atoms with Crippen LogP contribution in [0.1, 0.15) is 38.0 Å². The third-order valence-corrected chi connectivity index (χ3v) is 6.60. The topological polar surface area (TPSA) is 111 Å². The summed E-state index contributed by atoms with van der Waals surface area (Å²) in [7, 11) is 0. The van der Waals surface area contributed by atoms with Gasteiger partial charge in [-0.2, -0.15) is 0 Å². The Labute approximate surface area is 199 Å². The van der Waals surface area contributed by atoms with Crippen molar-refractivity contribution in [1.82, 2.24) is 10.2 Å². The predicted octanol–water partition coefficient (Wildman–Crippen LogP) is 4.78. The number of amides is 1. The third-order valence-electron chi connectivity index (χ3n) is 4.61. The average Bonchev–Trinajstić information content (AvgIpc) is 3.26. The first-order chi connectivity index (χ1) is 16.0. The molecule has 0 aliphatic heterocycles. The van der Waals surface area contributed by atoms with E-state index in [4.69, 9.17) is 9.15 Å². The number of thioether (sulfide) groups is 1. The zero-order chi connectivity index (χ0) is 23.6. The number of ether oxygens (including phenoxy) is 1. The van der Waals surface area contributed by atoms with Gasteiger partial charge in [0.1, 0.15) is 12.0 Å². The monoisotopic (exact) mass is 485 g/mol. The van der Waals surface area contributed by atoms with E-state index in [2.05, 4.69) is 15.5 Å². The van der Waals surface area contributed by atoms with Crippen LogP contribution >= 0.6 is 23.1 Å². The molecule has 3 aromatic rings. The Morgan fingerprint density at radius 1 is 1.21 bits per heavy atom. The van der Waals surface area contributed by atoms with Crippen LogP contribution in [0.15, 0.2) is 62.3 Å². The molecule has 2 aromatic heterocycles. The molecule has 0 fully saturated rings. The summed E-state index contributed by atoms with van der Waals surface area (Å²) < 4.78 is 11.1. The lowest BCUT2D eigenvalue weighted by molar-refractivity contribution is -0.129. The number of rotatable bonds is 10. The van der Waals surface area contributed by atoms with Crippen molar-refractivity contribution in [2.45, 2.75) is 36.8 Å². The number of nitrogens with zero attached hydrogens (tertiary/aromatic N) is 2. The Hall–Kier alpha value is -3.24. The standard InChI is InChI=1S/C23H23N3O5S2/c1-3-16(4-2)21(29)24-22-25-26-23(33-22)32-14-17-12-18(27)19(13-30-17)31-20(28)11-10-15-8-6-5-7-9-15/h5-13,16H,3-4,14H2,1-2H3,(H,24,25,29). The highest BCUT2D eigenvalue weighted by Crippen LogP contribution is 2.28. The van der Waals surface area contributed by atoms with Gasteiger partial charge in [-0.25, -0.2) is 4.79 Å². The Bertz CT molecular complexity index is 1170. The molecule has 0 unspecified atom stereocenters. The Morgan fingerprint density at radius 2 is 1.97 bits per heavy atom. The van der Waals surface area contributed by atoms with Crippen molar-refractivity contribution in [3.05, 3.63) is 70.3 Å². The molecular formula is C23H23N3O5S2. The molecular weight excluding hydrogens is 462 g/mol. The fourth-order valence-electron chi connectivity index (χ4n) is 2.78. The van der Waals surface area contributed by atoms with Gasteiger partial charge in [0.25, 0.3) is 0 Å². The van der Waals surface area contributed by atoms with E-state index in [9.17, 15) is 14.4 Å². The lowest BCUT2D eigenvalue weighted by atomic mass is 10.0. The second-order valence-electron chi connectivity index (χ2n) is 6.90. The third kappa shape index (κ3) is 7.40. The summed E-state index contributed by atoms with van der Waals surface area (Å²) in [6, 6.07) is 10.5. The van der Waals surface area contributed by atoms with E-state index in [1.807, 2.05) is 44.2 Å². The van der Waals surface area contributed by atoms with Gasteiger partial charge in [-0.1, -0.05) is 67.3 Å². The molecule has 3 rings (SSSR count). The Kier molecular flexibility index (Phi) is 8.96. The van der Waals surface area contributed by atoms with Gasteiger partial charge in [0, 0.05) is 18.1 Å². The van der Waals surface area contributed by atoms with Crippen LogP contribution in [0.4, 0.5) is 5.13 Å². The molecule has 0 bridgehead atoms. The number of carbonyl (C=O) groups excluding carboxylic acids is 2. The van der Waals surface area contributed by atoms with Crippen LogP contribution in [-0.2, 0) is 15.3 Å². The zero-order valence-corrected chi connectivity index (χ0v) is 19.8. The van der Waals surface area contributed by atoms with Crippen molar-refractivity contribution in [3.8, 4) is 5.75 Å². The van der Waals surface area contributed by atoms with E-state index in [1.165, 1.54) is 35.2 Å². The molecule has 1 aromatic carbocycles. The molecule has 2 heterocycles. The number of carbonyl (C=O) groups is 2. The maximum absolute atomic E-state index is 12.3. The van der Waals surface area contributed by atoms with Crippen molar-refractivity contribution in [3.63, 3.8) is 0 Å². The number of aromatic nitrogens is 2. The summed E-state index contributed by atoms with van der Waals surface area (Å²) in [5, 5.41) is 11.2. The van der Waals surface area contributed by atoms with Gasteiger partial charge < -0.3 is 14.5 Å². The lowest BCUT2D eigenvalue weighted by Gasteiger charge is -2.09. The average molecular weight is 486 g/mol. The van der Waals surface area contributed by atoms with Crippen molar-refractivity contribution >= 4 is 46.2 Å². The van der Waals surface area contributed by atoms with E-state index in [0.717, 1.165) is 24.7 Å². The molecule has 0 saturated heterocycles. The van der Waals surface area contributed by atoms with Gasteiger partial charge in [0.15, 0.2) is 4.34 Å². The van der Waals surface area contributed by atoms with E-state index in [-0.39, 0.29) is 17.6 Å². The molecule has 33 heavy (non-hydrogen) atoms. The molecule has 0 saturated carbocycles. The van der Waals surface area contributed by atoms with Crippen LogP contribution in [0.5, 0.6) is 5.75 Å². The second kappa shape index (κ2) is 12.1. The summed E-state index contributed by atoms with van der Waals surface area (Å²) in [6.07, 6.45) is 5.48. The van der Waals surface area contributed by atoms with Crippen molar-refractivity contribution in [2.24, 2.45) is 5.92 Å². The molecule has 0 aliphatic rings. The molecule has 0 aliphatic carbocycles. The molecule has 1 amide bonds. The minimum Gasteiger partial charge on any atom is -0.464 e. The minimum absolute atomic E-state index is 0.0549. The van der Waals surface area contributed by atoms with Crippen LogP contribution in [-0.4, -0.2) is 22.1 Å². The molecule has 10 heteroatoms. The van der Waals surface area contributed by atoms with Crippen LogP contribution < -0.4 is 15.5 Å². The number of hydrogen-bond donors (Lipinski definition) is 1. The molecule has 1 N–H and O–H groups in total. The van der Waals surface area contributed by atoms with Gasteiger partial charge in [0.2, 0.25) is 22.2 Å². The van der Waals surface area contributed by atoms with E-state index in [1.54, 1.807) is 6.08 Å². The quantitative estimate of drug-likeness (QED) is 0.189. The second-order valence-corrected chi connectivity index (χ2v) is 9.10. The van der Waals surface area contributed by atoms with Crippen LogP contribution in [0, 0.1) is 5.92 Å². The minimum atomic E-state index is -0.676. The van der Waals surface area contributed by atoms with E-state index >= 15 is 0 Å². The summed E-state index contributed by atoms with van der Waals surface area (Å²) in [5.74, 6) is -0.267. The van der Waals surface area contributed by atoms with Gasteiger partial charge in [-0.3, -0.25) is 9.59 Å². The number of benzene rings is 1. The number of anilines is 1. The highest BCUT2D eigenvalue weighted by Gasteiger charge is 2.16.